The van der Waals surface area contributed by atoms with Crippen molar-refractivity contribution in [2.24, 2.45) is 0 Å². The molecule has 15 heavy (non-hydrogen) atoms. The molecule has 0 amide bonds. The van der Waals surface area contributed by atoms with Crippen molar-refractivity contribution in [2.45, 2.75) is 20.4 Å². The molecule has 1 N–H and O–H groups in total. The smallest absolute Gasteiger partial charge is 0.213 e. The van der Waals surface area contributed by atoms with E-state index in [-0.39, 0.29) is 0 Å². The van der Waals surface area contributed by atoms with Crippen LogP contribution in [0, 0.1) is 13.8 Å². The van der Waals surface area contributed by atoms with Crippen molar-refractivity contribution in [3.05, 3.63) is 29.8 Å². The third kappa shape index (κ3) is 2.28. The molecule has 6 nitrogen and oxygen atoms in total. The first-order valence-corrected chi connectivity index (χ1v) is 4.55. The van der Waals surface area contributed by atoms with Gasteiger partial charge >= 0.3 is 0 Å². The van der Waals surface area contributed by atoms with Gasteiger partial charge in [0, 0.05) is 6.20 Å². The third-order valence-electron chi connectivity index (χ3n) is 1.90. The lowest BCUT2D eigenvalue weighted by atomic mass is 10.4. The van der Waals surface area contributed by atoms with Gasteiger partial charge in [-0.3, -0.25) is 4.98 Å². The quantitative estimate of drug-likeness (QED) is 0.808. The SMILES string of the molecule is Cc1cnc(C)c(NCc2ncon2)n1. The first-order chi connectivity index (χ1) is 7.25. The van der Waals surface area contributed by atoms with Crippen molar-refractivity contribution in [3.8, 4) is 0 Å². The Labute approximate surface area is 86.8 Å². The highest BCUT2D eigenvalue weighted by atomic mass is 16.5. The molecule has 0 saturated carbocycles. The largest absolute Gasteiger partial charge is 0.361 e. The van der Waals surface area contributed by atoms with E-state index in [4.69, 9.17) is 0 Å². The molecular formula is C9H11N5O. The third-order valence-corrected chi connectivity index (χ3v) is 1.90. The Bertz CT molecular complexity index is 440. The summed E-state index contributed by atoms with van der Waals surface area (Å²) in [6.07, 6.45) is 3.03. The van der Waals surface area contributed by atoms with Crippen LogP contribution < -0.4 is 5.32 Å². The molecule has 0 aliphatic heterocycles. The fraction of sp³-hybridized carbons (Fsp3) is 0.333. The van der Waals surface area contributed by atoms with Crippen LogP contribution in [0.3, 0.4) is 0 Å². The summed E-state index contributed by atoms with van der Waals surface area (Å²) in [4.78, 5) is 12.4. The van der Waals surface area contributed by atoms with Crippen LogP contribution in [0.25, 0.3) is 0 Å². The molecule has 0 unspecified atom stereocenters. The molecule has 0 atom stereocenters. The summed E-state index contributed by atoms with van der Waals surface area (Å²) in [6.45, 7) is 4.27. The van der Waals surface area contributed by atoms with Gasteiger partial charge in [-0.25, -0.2) is 4.98 Å². The minimum absolute atomic E-state index is 0.482. The van der Waals surface area contributed by atoms with Crippen molar-refractivity contribution >= 4 is 5.82 Å². The zero-order valence-electron chi connectivity index (χ0n) is 8.56. The summed E-state index contributed by atoms with van der Waals surface area (Å²) in [5.74, 6) is 1.34. The van der Waals surface area contributed by atoms with Gasteiger partial charge in [0.25, 0.3) is 0 Å². The maximum absolute atomic E-state index is 4.62. The van der Waals surface area contributed by atoms with Crippen LogP contribution >= 0.6 is 0 Å². The fourth-order valence-electron chi connectivity index (χ4n) is 1.14. The van der Waals surface area contributed by atoms with E-state index in [2.05, 4.69) is 29.9 Å². The molecule has 2 aromatic heterocycles. The van der Waals surface area contributed by atoms with Crippen LogP contribution in [0.5, 0.6) is 0 Å². The summed E-state index contributed by atoms with van der Waals surface area (Å²) in [5, 5.41) is 6.78. The summed E-state index contributed by atoms with van der Waals surface area (Å²) in [6, 6.07) is 0. The highest BCUT2D eigenvalue weighted by molar-refractivity contribution is 5.39. The van der Waals surface area contributed by atoms with Gasteiger partial charge in [-0.1, -0.05) is 5.16 Å². The molecule has 0 bridgehead atoms. The first-order valence-electron chi connectivity index (χ1n) is 4.55. The zero-order chi connectivity index (χ0) is 10.7. The van der Waals surface area contributed by atoms with E-state index in [1.165, 1.54) is 6.39 Å². The summed E-state index contributed by atoms with van der Waals surface area (Å²) in [7, 11) is 0. The van der Waals surface area contributed by atoms with Gasteiger partial charge < -0.3 is 9.84 Å². The Morgan fingerprint density at radius 1 is 1.33 bits per heavy atom. The van der Waals surface area contributed by atoms with Crippen LogP contribution in [-0.4, -0.2) is 20.1 Å². The Morgan fingerprint density at radius 3 is 2.93 bits per heavy atom. The summed E-state index contributed by atoms with van der Waals surface area (Å²) >= 11 is 0. The van der Waals surface area contributed by atoms with Gasteiger partial charge in [0.05, 0.1) is 17.9 Å². The summed E-state index contributed by atoms with van der Waals surface area (Å²) < 4.78 is 4.62. The van der Waals surface area contributed by atoms with Crippen LogP contribution in [0.1, 0.15) is 17.2 Å². The van der Waals surface area contributed by atoms with Gasteiger partial charge in [0.1, 0.15) is 5.82 Å². The van der Waals surface area contributed by atoms with Crippen molar-refractivity contribution in [1.29, 1.82) is 0 Å². The van der Waals surface area contributed by atoms with Gasteiger partial charge in [-0.2, -0.15) is 4.98 Å². The molecule has 2 aromatic rings. The number of nitrogens with zero attached hydrogens (tertiary/aromatic N) is 4. The Kier molecular flexibility index (Phi) is 2.57. The zero-order valence-corrected chi connectivity index (χ0v) is 8.56. The molecular weight excluding hydrogens is 194 g/mol. The van der Waals surface area contributed by atoms with E-state index in [1.54, 1.807) is 6.20 Å². The minimum atomic E-state index is 0.482. The molecule has 2 rings (SSSR count). The highest BCUT2D eigenvalue weighted by Gasteiger charge is 2.03. The molecule has 0 aliphatic rings. The van der Waals surface area contributed by atoms with E-state index in [1.807, 2.05) is 13.8 Å². The lowest BCUT2D eigenvalue weighted by Gasteiger charge is -2.05. The number of nitrogens with one attached hydrogen (secondary N) is 1. The Morgan fingerprint density at radius 2 is 2.20 bits per heavy atom. The second-order valence-electron chi connectivity index (χ2n) is 3.15. The summed E-state index contributed by atoms with van der Waals surface area (Å²) in [5.41, 5.74) is 1.72. The predicted octanol–water partition coefficient (Wildman–Crippen LogP) is 1.09. The molecule has 0 radical (unpaired) electrons. The number of anilines is 1. The molecule has 0 fully saturated rings. The van der Waals surface area contributed by atoms with Gasteiger partial charge in [0.15, 0.2) is 5.82 Å². The average Bonchev–Trinajstić information content (AvgIpc) is 2.72. The molecule has 78 valence electrons. The van der Waals surface area contributed by atoms with Crippen molar-refractivity contribution in [1.82, 2.24) is 20.1 Å². The van der Waals surface area contributed by atoms with E-state index in [0.29, 0.717) is 12.4 Å². The lowest BCUT2D eigenvalue weighted by molar-refractivity contribution is 0.411. The van der Waals surface area contributed by atoms with E-state index in [0.717, 1.165) is 17.2 Å². The fourth-order valence-corrected chi connectivity index (χ4v) is 1.14. The highest BCUT2D eigenvalue weighted by Crippen LogP contribution is 2.09. The van der Waals surface area contributed by atoms with Crippen LogP contribution in [0.4, 0.5) is 5.82 Å². The van der Waals surface area contributed by atoms with Gasteiger partial charge in [-0.05, 0) is 13.8 Å². The maximum Gasteiger partial charge on any atom is 0.213 e. The number of hydrogen-bond acceptors (Lipinski definition) is 6. The number of rotatable bonds is 3. The number of hydrogen-bond donors (Lipinski definition) is 1. The van der Waals surface area contributed by atoms with Gasteiger partial charge in [-0.15, -0.1) is 0 Å². The lowest BCUT2D eigenvalue weighted by Crippen LogP contribution is -2.06. The van der Waals surface area contributed by atoms with E-state index in [9.17, 15) is 0 Å². The van der Waals surface area contributed by atoms with E-state index >= 15 is 0 Å². The normalized spacial score (nSPS) is 10.3. The Balaban J connectivity index is 2.07. The molecule has 0 aromatic carbocycles. The standard InChI is InChI=1S/C9H11N5O/c1-6-3-10-7(2)9(13-6)11-4-8-12-5-15-14-8/h3,5H,4H2,1-2H3,(H,11,13). The van der Waals surface area contributed by atoms with Gasteiger partial charge in [0.2, 0.25) is 6.39 Å². The first kappa shape index (κ1) is 9.57. The van der Waals surface area contributed by atoms with Crippen LogP contribution in [0.15, 0.2) is 17.1 Å². The van der Waals surface area contributed by atoms with Crippen LogP contribution in [0.2, 0.25) is 0 Å². The number of aromatic nitrogens is 4. The molecule has 6 heteroatoms. The molecule has 0 aliphatic carbocycles. The predicted molar refractivity (Wildman–Crippen MR) is 53.1 cm³/mol. The number of aryl methyl sites for hydroxylation is 2. The second-order valence-corrected chi connectivity index (χ2v) is 3.15. The van der Waals surface area contributed by atoms with E-state index < -0.39 is 0 Å². The van der Waals surface area contributed by atoms with Crippen molar-refractivity contribution in [2.75, 3.05) is 5.32 Å². The Hall–Kier alpha value is -1.98. The molecule has 0 spiro atoms. The topological polar surface area (TPSA) is 76.7 Å². The van der Waals surface area contributed by atoms with Crippen LogP contribution in [-0.2, 0) is 6.54 Å². The van der Waals surface area contributed by atoms with Crippen molar-refractivity contribution in [3.63, 3.8) is 0 Å². The average molecular weight is 205 g/mol. The monoisotopic (exact) mass is 205 g/mol. The molecule has 2 heterocycles. The van der Waals surface area contributed by atoms with Crippen molar-refractivity contribution < 1.29 is 4.52 Å². The molecule has 0 saturated heterocycles. The maximum atomic E-state index is 4.62. The second kappa shape index (κ2) is 4.04. The minimum Gasteiger partial charge on any atom is -0.361 e.